The van der Waals surface area contributed by atoms with Crippen molar-refractivity contribution in [1.82, 2.24) is 20.5 Å². The molecule has 1 amide bonds. The van der Waals surface area contributed by atoms with Gasteiger partial charge in [-0.2, -0.15) is 0 Å². The number of halogens is 1. The lowest BCUT2D eigenvalue weighted by atomic mass is 10.0. The molecule has 122 valence electrons. The molecule has 0 aliphatic rings. The molecule has 1 aromatic carbocycles. The summed E-state index contributed by atoms with van der Waals surface area (Å²) in [6.07, 6.45) is 2.27. The number of amides is 1. The number of aromatic nitrogens is 3. The van der Waals surface area contributed by atoms with Crippen molar-refractivity contribution in [2.75, 3.05) is 11.9 Å². The van der Waals surface area contributed by atoms with Crippen LogP contribution in [0.25, 0.3) is 0 Å². The Labute approximate surface area is 133 Å². The lowest BCUT2D eigenvalue weighted by Crippen LogP contribution is -2.28. The molecule has 2 aromatic rings. The van der Waals surface area contributed by atoms with Crippen LogP contribution >= 0.6 is 0 Å². The second-order valence-electron chi connectivity index (χ2n) is 4.92. The smallest absolute Gasteiger partial charge is 0.405 e. The predicted octanol–water partition coefficient (Wildman–Crippen LogP) is 2.58. The molecule has 0 aliphatic carbocycles. The predicted molar refractivity (Wildman–Crippen MR) is 82.6 cm³/mol. The van der Waals surface area contributed by atoms with E-state index in [1.807, 2.05) is 0 Å². The van der Waals surface area contributed by atoms with Crippen LogP contribution in [0, 0.1) is 5.82 Å². The van der Waals surface area contributed by atoms with Crippen molar-refractivity contribution >= 4 is 12.0 Å². The van der Waals surface area contributed by atoms with Crippen LogP contribution in [0.5, 0.6) is 0 Å². The molecule has 1 heterocycles. The first kappa shape index (κ1) is 16.6. The number of hydrogen-bond acceptors (Lipinski definition) is 5. The average Bonchev–Trinajstić information content (AvgIpc) is 2.54. The van der Waals surface area contributed by atoms with Gasteiger partial charge in [0.25, 0.3) is 0 Å². The summed E-state index contributed by atoms with van der Waals surface area (Å²) >= 11 is 0. The Kier molecular flexibility index (Phi) is 5.79. The molecule has 7 nitrogen and oxygen atoms in total. The number of nitrogens with zero attached hydrogens (tertiary/aromatic N) is 3. The maximum absolute atomic E-state index is 13.0. The van der Waals surface area contributed by atoms with Gasteiger partial charge in [0, 0.05) is 6.54 Å². The summed E-state index contributed by atoms with van der Waals surface area (Å²) in [5, 5.41) is 22.3. The molecule has 3 N–H and O–H groups in total. The maximum atomic E-state index is 13.0. The minimum Gasteiger partial charge on any atom is -0.465 e. The van der Waals surface area contributed by atoms with Crippen LogP contribution in [0.2, 0.25) is 0 Å². The zero-order chi connectivity index (χ0) is 16.7. The molecule has 0 saturated carbocycles. The highest BCUT2D eigenvalue weighted by atomic mass is 19.1. The van der Waals surface area contributed by atoms with Crippen molar-refractivity contribution in [2.45, 2.75) is 25.8 Å². The van der Waals surface area contributed by atoms with Crippen molar-refractivity contribution < 1.29 is 14.3 Å². The number of carbonyl (C=O) groups is 1. The van der Waals surface area contributed by atoms with E-state index < -0.39 is 18.0 Å². The molecule has 0 spiro atoms. The van der Waals surface area contributed by atoms with Gasteiger partial charge in [0.1, 0.15) is 17.6 Å². The number of nitrogens with one attached hydrogen (secondary N) is 2. The van der Waals surface area contributed by atoms with E-state index in [0.717, 1.165) is 19.4 Å². The van der Waals surface area contributed by atoms with Gasteiger partial charge in [0.2, 0.25) is 5.95 Å². The van der Waals surface area contributed by atoms with Crippen LogP contribution in [0.1, 0.15) is 37.1 Å². The van der Waals surface area contributed by atoms with Gasteiger partial charge in [-0.05, 0) is 24.1 Å². The summed E-state index contributed by atoms with van der Waals surface area (Å²) in [5.41, 5.74) is 0.886. The number of carboxylic acid groups (broad SMARTS) is 1. The molecular weight excluding hydrogens is 301 g/mol. The summed E-state index contributed by atoms with van der Waals surface area (Å²) in [4.78, 5) is 15.1. The van der Waals surface area contributed by atoms with Crippen molar-refractivity contribution in [2.24, 2.45) is 0 Å². The van der Waals surface area contributed by atoms with Gasteiger partial charge >= 0.3 is 6.09 Å². The second kappa shape index (κ2) is 8.02. The highest BCUT2D eigenvalue weighted by Crippen LogP contribution is 2.20. The number of anilines is 1. The van der Waals surface area contributed by atoms with Gasteiger partial charge in [0.05, 0.1) is 6.20 Å². The standard InChI is InChI=1S/C15H18FN5O2/c1-2-3-8-17-14-18-9-12(20-21-14)13(19-15(22)23)10-4-6-11(16)7-5-10/h4-7,9,13,19H,2-3,8H2,1H3,(H,22,23)(H,17,18,21). The van der Waals surface area contributed by atoms with Crippen molar-refractivity contribution in [3.8, 4) is 0 Å². The molecule has 0 aliphatic heterocycles. The van der Waals surface area contributed by atoms with Gasteiger partial charge in [-0.15, -0.1) is 10.2 Å². The normalized spacial score (nSPS) is 11.7. The highest BCUT2D eigenvalue weighted by molar-refractivity contribution is 5.66. The van der Waals surface area contributed by atoms with E-state index in [1.165, 1.54) is 30.5 Å². The van der Waals surface area contributed by atoms with Crippen LogP contribution in [0.15, 0.2) is 30.5 Å². The van der Waals surface area contributed by atoms with E-state index in [-0.39, 0.29) is 0 Å². The summed E-state index contributed by atoms with van der Waals surface area (Å²) in [7, 11) is 0. The Morgan fingerprint density at radius 3 is 2.61 bits per heavy atom. The van der Waals surface area contributed by atoms with Gasteiger partial charge in [-0.3, -0.25) is 0 Å². The third-order valence-corrected chi connectivity index (χ3v) is 3.16. The monoisotopic (exact) mass is 319 g/mol. The van der Waals surface area contributed by atoms with Crippen LogP contribution in [-0.4, -0.2) is 32.9 Å². The third-order valence-electron chi connectivity index (χ3n) is 3.16. The minimum absolute atomic E-state index is 0.333. The van der Waals surface area contributed by atoms with E-state index in [9.17, 15) is 9.18 Å². The fourth-order valence-corrected chi connectivity index (χ4v) is 1.98. The second-order valence-corrected chi connectivity index (χ2v) is 4.92. The first-order valence-corrected chi connectivity index (χ1v) is 7.28. The molecule has 0 fully saturated rings. The lowest BCUT2D eigenvalue weighted by molar-refractivity contribution is 0.191. The number of unbranched alkanes of at least 4 members (excludes halogenated alkanes) is 1. The molecule has 0 saturated heterocycles. The highest BCUT2D eigenvalue weighted by Gasteiger charge is 2.19. The largest absolute Gasteiger partial charge is 0.465 e. The fourth-order valence-electron chi connectivity index (χ4n) is 1.98. The minimum atomic E-state index is -1.22. The van der Waals surface area contributed by atoms with Crippen LogP contribution in [0.4, 0.5) is 15.1 Å². The zero-order valence-electron chi connectivity index (χ0n) is 12.7. The van der Waals surface area contributed by atoms with Crippen molar-refractivity contribution in [3.05, 3.63) is 47.5 Å². The topological polar surface area (TPSA) is 100 Å². The molecule has 1 aromatic heterocycles. The molecule has 0 radical (unpaired) electrons. The van der Waals surface area contributed by atoms with E-state index in [4.69, 9.17) is 5.11 Å². The Bertz CT molecular complexity index is 633. The molecular formula is C15H18FN5O2. The first-order chi connectivity index (χ1) is 11.1. The van der Waals surface area contributed by atoms with E-state index in [2.05, 4.69) is 32.7 Å². The van der Waals surface area contributed by atoms with E-state index in [0.29, 0.717) is 17.2 Å². The van der Waals surface area contributed by atoms with Crippen molar-refractivity contribution in [1.29, 1.82) is 0 Å². The van der Waals surface area contributed by atoms with Crippen LogP contribution in [-0.2, 0) is 0 Å². The van der Waals surface area contributed by atoms with Gasteiger partial charge in [-0.25, -0.2) is 14.2 Å². The number of hydrogen-bond donors (Lipinski definition) is 3. The first-order valence-electron chi connectivity index (χ1n) is 7.28. The Morgan fingerprint density at radius 2 is 2.04 bits per heavy atom. The average molecular weight is 319 g/mol. The maximum Gasteiger partial charge on any atom is 0.405 e. The molecule has 23 heavy (non-hydrogen) atoms. The third kappa shape index (κ3) is 4.87. The quantitative estimate of drug-likeness (QED) is 0.678. The Hall–Kier alpha value is -2.77. The van der Waals surface area contributed by atoms with Gasteiger partial charge in [-0.1, -0.05) is 25.5 Å². The fraction of sp³-hybridized carbons (Fsp3) is 0.333. The molecule has 1 unspecified atom stereocenters. The molecule has 2 rings (SSSR count). The van der Waals surface area contributed by atoms with E-state index >= 15 is 0 Å². The van der Waals surface area contributed by atoms with Gasteiger partial charge in [0.15, 0.2) is 0 Å². The van der Waals surface area contributed by atoms with Crippen LogP contribution in [0.3, 0.4) is 0 Å². The van der Waals surface area contributed by atoms with Crippen LogP contribution < -0.4 is 10.6 Å². The van der Waals surface area contributed by atoms with Crippen molar-refractivity contribution in [3.63, 3.8) is 0 Å². The number of rotatable bonds is 7. The lowest BCUT2D eigenvalue weighted by Gasteiger charge is -2.16. The molecule has 1 atom stereocenters. The summed E-state index contributed by atoms with van der Waals surface area (Å²) in [6.45, 7) is 2.82. The van der Waals surface area contributed by atoms with E-state index in [1.54, 1.807) is 0 Å². The molecule has 0 bridgehead atoms. The summed E-state index contributed by atoms with van der Waals surface area (Å²) in [6, 6.07) is 4.73. The SMILES string of the molecule is CCCCNc1ncc(C(NC(=O)O)c2ccc(F)cc2)nn1. The Balaban J connectivity index is 2.18. The summed E-state index contributed by atoms with van der Waals surface area (Å²) < 4.78 is 13.0. The van der Waals surface area contributed by atoms with Gasteiger partial charge < -0.3 is 15.7 Å². The Morgan fingerprint density at radius 1 is 1.30 bits per heavy atom. The molecule has 8 heteroatoms. The zero-order valence-corrected chi connectivity index (χ0v) is 12.7. The summed E-state index contributed by atoms with van der Waals surface area (Å²) in [5.74, 6) is -0.0158. The number of benzene rings is 1.